The van der Waals surface area contributed by atoms with Gasteiger partial charge in [-0.05, 0) is 25.0 Å². The Balaban J connectivity index is 2.09. The van der Waals surface area contributed by atoms with Gasteiger partial charge in [-0.1, -0.05) is 12.1 Å². The molecule has 2 N–H and O–H groups in total. The molecule has 0 bridgehead atoms. The minimum absolute atomic E-state index is 0.135. The topological polar surface area (TPSA) is 52.3 Å². The van der Waals surface area contributed by atoms with Gasteiger partial charge in [0.1, 0.15) is 5.75 Å². The van der Waals surface area contributed by atoms with E-state index in [-0.39, 0.29) is 12.2 Å². The Labute approximate surface area is 101 Å². The minimum Gasteiger partial charge on any atom is -0.490 e. The van der Waals surface area contributed by atoms with Gasteiger partial charge in [-0.15, -0.1) is 12.3 Å². The third-order valence-corrected chi connectivity index (χ3v) is 2.62. The molecule has 1 aliphatic rings. The van der Waals surface area contributed by atoms with Crippen LogP contribution in [-0.2, 0) is 0 Å². The predicted octanol–water partition coefficient (Wildman–Crippen LogP) is 1.76. The van der Waals surface area contributed by atoms with E-state index in [2.05, 4.69) is 5.92 Å². The van der Waals surface area contributed by atoms with Crippen LogP contribution in [0.3, 0.4) is 0 Å². The normalized spacial score (nSPS) is 16.0. The number of hydrogen-bond acceptors (Lipinski definition) is 3. The van der Waals surface area contributed by atoms with Gasteiger partial charge in [0.25, 0.3) is 0 Å². The van der Waals surface area contributed by atoms with Crippen molar-refractivity contribution in [2.45, 2.75) is 31.4 Å². The van der Waals surface area contributed by atoms with Crippen molar-refractivity contribution in [1.82, 2.24) is 0 Å². The molecule has 0 amide bonds. The number of nitrogens with two attached hydrogens (primary N) is 1. The zero-order chi connectivity index (χ0) is 12.3. The first-order valence-corrected chi connectivity index (χ1v) is 5.70. The first-order chi connectivity index (χ1) is 8.20. The second-order valence-electron chi connectivity index (χ2n) is 4.22. The Morgan fingerprint density at radius 3 is 3.00 bits per heavy atom. The van der Waals surface area contributed by atoms with Gasteiger partial charge in [-0.2, -0.15) is 0 Å². The Hall–Kier alpha value is -1.79. The number of Topliss-reactive ketones (excluding diaryl/α,β-unsaturated/α-hetero) is 1. The Bertz CT molecular complexity index is 458. The van der Waals surface area contributed by atoms with Crippen molar-refractivity contribution in [3.8, 4) is 18.1 Å². The van der Waals surface area contributed by atoms with Crippen molar-refractivity contribution in [2.24, 2.45) is 5.73 Å². The van der Waals surface area contributed by atoms with Crippen LogP contribution in [0, 0.1) is 12.3 Å². The van der Waals surface area contributed by atoms with Gasteiger partial charge < -0.3 is 10.5 Å². The number of ketones is 1. The first-order valence-electron chi connectivity index (χ1n) is 5.70. The molecule has 2 rings (SSSR count). The fraction of sp³-hybridized carbons (Fsp3) is 0.357. The number of benzene rings is 1. The molecule has 88 valence electrons. The number of carbonyl (C=O) groups excluding carboxylic acids is 1. The largest absolute Gasteiger partial charge is 0.490 e. The van der Waals surface area contributed by atoms with Gasteiger partial charge in [-0.25, -0.2) is 0 Å². The maximum Gasteiger partial charge on any atom is 0.180 e. The summed E-state index contributed by atoms with van der Waals surface area (Å²) in [5.41, 5.74) is 6.25. The van der Waals surface area contributed by atoms with Gasteiger partial charge in [0.2, 0.25) is 0 Å². The standard InChI is InChI=1S/C14H15NO2/c1-2-4-13(15)14(16)10-5-3-6-12(9-10)17-11-7-8-11/h1,3,5-6,9,11,13H,4,7-8,15H2. The first kappa shape index (κ1) is 11.7. The van der Waals surface area contributed by atoms with E-state index < -0.39 is 6.04 Å². The highest BCUT2D eigenvalue weighted by Crippen LogP contribution is 2.27. The summed E-state index contributed by atoms with van der Waals surface area (Å²) in [6, 6.07) is 6.49. The van der Waals surface area contributed by atoms with Crippen LogP contribution in [0.1, 0.15) is 29.6 Å². The van der Waals surface area contributed by atoms with Crippen molar-refractivity contribution in [1.29, 1.82) is 0 Å². The van der Waals surface area contributed by atoms with Crippen molar-refractivity contribution in [3.63, 3.8) is 0 Å². The van der Waals surface area contributed by atoms with Crippen LogP contribution >= 0.6 is 0 Å². The average Bonchev–Trinajstić information content (AvgIpc) is 3.12. The maximum atomic E-state index is 11.9. The quantitative estimate of drug-likeness (QED) is 0.618. The smallest absolute Gasteiger partial charge is 0.180 e. The molecule has 1 fully saturated rings. The molecule has 1 saturated carbocycles. The number of ether oxygens (including phenoxy) is 1. The van der Waals surface area contributed by atoms with E-state index in [0.29, 0.717) is 11.7 Å². The molecule has 3 heteroatoms. The lowest BCUT2D eigenvalue weighted by atomic mass is 10.0. The molecule has 1 atom stereocenters. The summed E-state index contributed by atoms with van der Waals surface area (Å²) in [5.74, 6) is 2.99. The molecule has 17 heavy (non-hydrogen) atoms. The second-order valence-corrected chi connectivity index (χ2v) is 4.22. The summed E-state index contributed by atoms with van der Waals surface area (Å²) in [4.78, 5) is 11.9. The molecular formula is C14H15NO2. The van der Waals surface area contributed by atoms with E-state index in [1.165, 1.54) is 0 Å². The van der Waals surface area contributed by atoms with Crippen LogP contribution in [0.25, 0.3) is 0 Å². The van der Waals surface area contributed by atoms with Gasteiger partial charge in [-0.3, -0.25) is 4.79 Å². The summed E-state index contributed by atoms with van der Waals surface area (Å²) in [6.45, 7) is 0. The molecule has 0 aromatic heterocycles. The van der Waals surface area contributed by atoms with Crippen LogP contribution in [-0.4, -0.2) is 17.9 Å². The highest BCUT2D eigenvalue weighted by Gasteiger charge is 2.24. The van der Waals surface area contributed by atoms with E-state index in [1.807, 2.05) is 6.07 Å². The van der Waals surface area contributed by atoms with E-state index >= 15 is 0 Å². The molecule has 0 radical (unpaired) electrons. The molecule has 3 nitrogen and oxygen atoms in total. The Morgan fingerprint density at radius 2 is 2.35 bits per heavy atom. The monoisotopic (exact) mass is 229 g/mol. The van der Waals surface area contributed by atoms with Crippen LogP contribution in [0.5, 0.6) is 5.75 Å². The van der Waals surface area contributed by atoms with Gasteiger partial charge >= 0.3 is 0 Å². The number of carbonyl (C=O) groups is 1. The SMILES string of the molecule is C#CCC(N)C(=O)c1cccc(OC2CC2)c1. The second kappa shape index (κ2) is 5.03. The molecule has 1 aromatic carbocycles. The summed E-state index contributed by atoms with van der Waals surface area (Å²) in [7, 11) is 0. The fourth-order valence-corrected chi connectivity index (χ4v) is 1.53. The minimum atomic E-state index is -0.629. The summed E-state index contributed by atoms with van der Waals surface area (Å²) in [5, 5.41) is 0. The van der Waals surface area contributed by atoms with Crippen LogP contribution in [0.4, 0.5) is 0 Å². The maximum absolute atomic E-state index is 11.9. The number of terminal acetylenes is 1. The lowest BCUT2D eigenvalue weighted by Gasteiger charge is -2.09. The van der Waals surface area contributed by atoms with Crippen molar-refractivity contribution in [2.75, 3.05) is 0 Å². The van der Waals surface area contributed by atoms with E-state index in [1.54, 1.807) is 18.2 Å². The zero-order valence-corrected chi connectivity index (χ0v) is 9.56. The van der Waals surface area contributed by atoms with Gasteiger partial charge in [0, 0.05) is 12.0 Å². The lowest BCUT2D eigenvalue weighted by molar-refractivity contribution is 0.0962. The molecule has 0 saturated heterocycles. The van der Waals surface area contributed by atoms with Crippen LogP contribution in [0.15, 0.2) is 24.3 Å². The molecule has 0 spiro atoms. The third kappa shape index (κ3) is 3.08. The van der Waals surface area contributed by atoms with E-state index in [0.717, 1.165) is 18.6 Å². The van der Waals surface area contributed by atoms with Crippen LogP contribution < -0.4 is 10.5 Å². The van der Waals surface area contributed by atoms with Gasteiger partial charge in [0.15, 0.2) is 5.78 Å². The molecule has 1 aromatic rings. The fourth-order valence-electron chi connectivity index (χ4n) is 1.53. The average molecular weight is 229 g/mol. The van der Waals surface area contributed by atoms with Crippen LogP contribution in [0.2, 0.25) is 0 Å². The van der Waals surface area contributed by atoms with Gasteiger partial charge in [0.05, 0.1) is 12.1 Å². The molecular weight excluding hydrogens is 214 g/mol. The zero-order valence-electron chi connectivity index (χ0n) is 9.56. The van der Waals surface area contributed by atoms with E-state index in [4.69, 9.17) is 16.9 Å². The van der Waals surface area contributed by atoms with Crippen molar-refractivity contribution < 1.29 is 9.53 Å². The number of hydrogen-bond donors (Lipinski definition) is 1. The van der Waals surface area contributed by atoms with Crippen molar-refractivity contribution >= 4 is 5.78 Å². The molecule has 0 aliphatic heterocycles. The molecule has 1 aliphatic carbocycles. The van der Waals surface area contributed by atoms with Crippen molar-refractivity contribution in [3.05, 3.63) is 29.8 Å². The summed E-state index contributed by atoms with van der Waals surface area (Å²) >= 11 is 0. The number of rotatable bonds is 5. The highest BCUT2D eigenvalue weighted by molar-refractivity contribution is 6.00. The predicted molar refractivity (Wildman–Crippen MR) is 65.8 cm³/mol. The highest BCUT2D eigenvalue weighted by atomic mass is 16.5. The Kier molecular flexibility index (Phi) is 3.46. The summed E-state index contributed by atoms with van der Waals surface area (Å²) < 4.78 is 5.62. The molecule has 1 unspecified atom stereocenters. The Morgan fingerprint density at radius 1 is 1.59 bits per heavy atom. The third-order valence-electron chi connectivity index (χ3n) is 2.62. The van der Waals surface area contributed by atoms with E-state index in [9.17, 15) is 4.79 Å². The lowest BCUT2D eigenvalue weighted by Crippen LogP contribution is -2.29. The summed E-state index contributed by atoms with van der Waals surface area (Å²) in [6.07, 6.45) is 7.90. The molecule has 0 heterocycles.